The van der Waals surface area contributed by atoms with Crippen LogP contribution < -0.4 is 5.32 Å². The summed E-state index contributed by atoms with van der Waals surface area (Å²) in [6, 6.07) is 14.6. The van der Waals surface area contributed by atoms with Crippen molar-refractivity contribution in [3.8, 4) is 0 Å². The van der Waals surface area contributed by atoms with Crippen molar-refractivity contribution < 1.29 is 4.39 Å². The van der Waals surface area contributed by atoms with E-state index in [-0.39, 0.29) is 5.82 Å². The van der Waals surface area contributed by atoms with Gasteiger partial charge in [0.1, 0.15) is 11.6 Å². The van der Waals surface area contributed by atoms with Gasteiger partial charge in [0.25, 0.3) is 0 Å². The molecule has 0 aliphatic rings. The zero-order valence-electron chi connectivity index (χ0n) is 10.6. The minimum Gasteiger partial charge on any atom is -0.375 e. The van der Waals surface area contributed by atoms with E-state index in [4.69, 9.17) is 0 Å². The first kappa shape index (κ1) is 11.7. The number of imidazole rings is 1. The third kappa shape index (κ3) is 2.17. The van der Waals surface area contributed by atoms with Crippen LogP contribution in [-0.4, -0.2) is 9.55 Å². The molecule has 0 bridgehead atoms. The number of fused-ring (bicyclic) bond motifs is 1. The van der Waals surface area contributed by atoms with Crippen LogP contribution in [0.25, 0.3) is 11.0 Å². The number of nitrogens with one attached hydrogen (secondary N) is 1. The van der Waals surface area contributed by atoms with E-state index < -0.39 is 0 Å². The fraction of sp³-hybridized carbons (Fsp3) is 0.133. The maximum absolute atomic E-state index is 13.5. The Bertz CT molecular complexity index is 718. The second kappa shape index (κ2) is 4.72. The van der Waals surface area contributed by atoms with Crippen LogP contribution in [-0.2, 0) is 13.6 Å². The summed E-state index contributed by atoms with van der Waals surface area (Å²) in [7, 11) is 1.97. The van der Waals surface area contributed by atoms with Crippen molar-refractivity contribution in [2.45, 2.75) is 6.54 Å². The highest BCUT2D eigenvalue weighted by Gasteiger charge is 2.07. The average Bonchev–Trinajstić information content (AvgIpc) is 2.75. The lowest BCUT2D eigenvalue weighted by Crippen LogP contribution is -2.06. The number of nitrogens with zero attached hydrogens (tertiary/aromatic N) is 2. The Hall–Kier alpha value is -2.36. The van der Waals surface area contributed by atoms with Crippen LogP contribution in [0.3, 0.4) is 0 Å². The van der Waals surface area contributed by atoms with E-state index >= 15 is 0 Å². The molecule has 0 fully saturated rings. The SMILES string of the molecule is Cn1c(CNc2ccccc2F)nc2ccccc21. The highest BCUT2D eigenvalue weighted by molar-refractivity contribution is 5.75. The van der Waals surface area contributed by atoms with Gasteiger partial charge in [0.2, 0.25) is 0 Å². The number of aromatic nitrogens is 2. The van der Waals surface area contributed by atoms with E-state index in [0.29, 0.717) is 12.2 Å². The molecule has 0 spiro atoms. The molecule has 1 aromatic heterocycles. The van der Waals surface area contributed by atoms with Crippen molar-refractivity contribution in [1.82, 2.24) is 9.55 Å². The molecule has 1 heterocycles. The molecule has 0 radical (unpaired) electrons. The molecule has 3 aromatic rings. The summed E-state index contributed by atoms with van der Waals surface area (Å²) in [6.07, 6.45) is 0. The predicted molar refractivity (Wildman–Crippen MR) is 74.4 cm³/mol. The fourth-order valence-corrected chi connectivity index (χ4v) is 2.13. The van der Waals surface area contributed by atoms with Crippen LogP contribution in [0.5, 0.6) is 0 Å². The number of rotatable bonds is 3. The molecular weight excluding hydrogens is 241 g/mol. The van der Waals surface area contributed by atoms with Gasteiger partial charge < -0.3 is 9.88 Å². The molecule has 3 nitrogen and oxygen atoms in total. The second-order valence-electron chi connectivity index (χ2n) is 4.41. The standard InChI is InChI=1S/C15H14FN3/c1-19-14-9-5-4-8-13(14)18-15(19)10-17-12-7-3-2-6-11(12)16/h2-9,17H,10H2,1H3. The van der Waals surface area contributed by atoms with E-state index in [0.717, 1.165) is 16.9 Å². The smallest absolute Gasteiger partial charge is 0.146 e. The number of anilines is 1. The Morgan fingerprint density at radius 2 is 1.84 bits per heavy atom. The lowest BCUT2D eigenvalue weighted by atomic mass is 10.3. The Morgan fingerprint density at radius 1 is 1.11 bits per heavy atom. The van der Waals surface area contributed by atoms with Crippen LogP contribution >= 0.6 is 0 Å². The molecular formula is C15H14FN3. The Morgan fingerprint density at radius 3 is 2.63 bits per heavy atom. The highest BCUT2D eigenvalue weighted by Crippen LogP contribution is 2.17. The third-order valence-corrected chi connectivity index (χ3v) is 3.19. The van der Waals surface area contributed by atoms with Crippen LogP contribution in [0.2, 0.25) is 0 Å². The molecule has 0 saturated heterocycles. The first-order chi connectivity index (χ1) is 9.25. The second-order valence-corrected chi connectivity index (χ2v) is 4.41. The molecule has 0 atom stereocenters. The van der Waals surface area contributed by atoms with Gasteiger partial charge in [0.15, 0.2) is 0 Å². The van der Waals surface area contributed by atoms with Crippen LogP contribution in [0, 0.1) is 5.82 Å². The van der Waals surface area contributed by atoms with Crippen molar-refractivity contribution in [3.05, 3.63) is 60.2 Å². The van der Waals surface area contributed by atoms with Crippen molar-refractivity contribution >= 4 is 16.7 Å². The number of benzene rings is 2. The average molecular weight is 255 g/mol. The summed E-state index contributed by atoms with van der Waals surface area (Å²) in [5.41, 5.74) is 2.53. The maximum atomic E-state index is 13.5. The van der Waals surface area contributed by atoms with Crippen LogP contribution in [0.4, 0.5) is 10.1 Å². The van der Waals surface area contributed by atoms with E-state index in [9.17, 15) is 4.39 Å². The van der Waals surface area contributed by atoms with Gasteiger partial charge in [-0.2, -0.15) is 0 Å². The van der Waals surface area contributed by atoms with Gasteiger partial charge in [-0.05, 0) is 24.3 Å². The van der Waals surface area contributed by atoms with Gasteiger partial charge >= 0.3 is 0 Å². The van der Waals surface area contributed by atoms with Gasteiger partial charge in [0.05, 0.1) is 23.3 Å². The molecule has 2 aromatic carbocycles. The zero-order chi connectivity index (χ0) is 13.2. The molecule has 96 valence electrons. The predicted octanol–water partition coefficient (Wildman–Crippen LogP) is 3.32. The quantitative estimate of drug-likeness (QED) is 0.778. The van der Waals surface area contributed by atoms with E-state index in [2.05, 4.69) is 10.3 Å². The minimum absolute atomic E-state index is 0.249. The lowest BCUT2D eigenvalue weighted by molar-refractivity contribution is 0.629. The number of halogens is 1. The monoisotopic (exact) mass is 255 g/mol. The first-order valence-corrected chi connectivity index (χ1v) is 6.14. The Labute approximate surface area is 110 Å². The highest BCUT2D eigenvalue weighted by atomic mass is 19.1. The summed E-state index contributed by atoms with van der Waals surface area (Å²) in [4.78, 5) is 4.54. The van der Waals surface area contributed by atoms with E-state index in [1.165, 1.54) is 6.07 Å². The van der Waals surface area contributed by atoms with Gasteiger partial charge in [-0.15, -0.1) is 0 Å². The number of hydrogen-bond acceptors (Lipinski definition) is 2. The van der Waals surface area contributed by atoms with Gasteiger partial charge in [-0.1, -0.05) is 24.3 Å². The summed E-state index contributed by atoms with van der Waals surface area (Å²) in [5.74, 6) is 0.630. The van der Waals surface area contributed by atoms with Crippen LogP contribution in [0.1, 0.15) is 5.82 Å². The topological polar surface area (TPSA) is 29.9 Å². The van der Waals surface area contributed by atoms with Crippen molar-refractivity contribution in [2.24, 2.45) is 7.05 Å². The Kier molecular flexibility index (Phi) is 2.91. The van der Waals surface area contributed by atoms with Gasteiger partial charge in [-0.25, -0.2) is 9.37 Å². The molecule has 1 N–H and O–H groups in total. The van der Waals surface area contributed by atoms with Crippen molar-refractivity contribution in [3.63, 3.8) is 0 Å². The van der Waals surface area contributed by atoms with Crippen molar-refractivity contribution in [1.29, 1.82) is 0 Å². The van der Waals surface area contributed by atoms with Gasteiger partial charge in [0, 0.05) is 7.05 Å². The first-order valence-electron chi connectivity index (χ1n) is 6.14. The van der Waals surface area contributed by atoms with Crippen molar-refractivity contribution in [2.75, 3.05) is 5.32 Å². The molecule has 0 saturated carbocycles. The minimum atomic E-state index is -0.249. The van der Waals surface area contributed by atoms with E-state index in [1.54, 1.807) is 18.2 Å². The summed E-state index contributed by atoms with van der Waals surface area (Å²) >= 11 is 0. The maximum Gasteiger partial charge on any atom is 0.146 e. The van der Waals surface area contributed by atoms with E-state index in [1.807, 2.05) is 35.9 Å². The molecule has 19 heavy (non-hydrogen) atoms. The summed E-state index contributed by atoms with van der Waals surface area (Å²) in [6.45, 7) is 0.492. The molecule has 0 aliphatic heterocycles. The largest absolute Gasteiger partial charge is 0.375 e. The van der Waals surface area contributed by atoms with Gasteiger partial charge in [-0.3, -0.25) is 0 Å². The fourth-order valence-electron chi connectivity index (χ4n) is 2.13. The van der Waals surface area contributed by atoms with Crippen LogP contribution in [0.15, 0.2) is 48.5 Å². The summed E-state index contributed by atoms with van der Waals surface area (Å²) in [5, 5.41) is 3.07. The summed E-state index contributed by atoms with van der Waals surface area (Å²) < 4.78 is 15.5. The third-order valence-electron chi connectivity index (χ3n) is 3.19. The molecule has 0 amide bonds. The normalized spacial score (nSPS) is 10.8. The molecule has 0 unspecified atom stereocenters. The molecule has 3 rings (SSSR count). The Balaban J connectivity index is 1.86. The zero-order valence-corrected chi connectivity index (χ0v) is 10.6. The lowest BCUT2D eigenvalue weighted by Gasteiger charge is -2.07. The number of aryl methyl sites for hydroxylation is 1. The number of hydrogen-bond donors (Lipinski definition) is 1. The molecule has 0 aliphatic carbocycles. The number of para-hydroxylation sites is 3. The molecule has 4 heteroatoms.